The molecule has 0 unspecified atom stereocenters. The fourth-order valence-corrected chi connectivity index (χ4v) is 3.19. The van der Waals surface area contributed by atoms with Gasteiger partial charge in [-0.15, -0.1) is 0 Å². The number of rotatable bonds is 5. The lowest BCUT2D eigenvalue weighted by molar-refractivity contribution is -0.116. The van der Waals surface area contributed by atoms with Crippen molar-refractivity contribution in [1.29, 1.82) is 0 Å². The highest BCUT2D eigenvalue weighted by atomic mass is 16.5. The van der Waals surface area contributed by atoms with Crippen molar-refractivity contribution in [2.24, 2.45) is 0 Å². The molecule has 4 aromatic rings. The van der Waals surface area contributed by atoms with Crippen LogP contribution in [0.15, 0.2) is 70.1 Å². The summed E-state index contributed by atoms with van der Waals surface area (Å²) in [6, 6.07) is 16.8. The maximum Gasteiger partial charge on any atom is 0.263 e. The van der Waals surface area contributed by atoms with Gasteiger partial charge in [-0.05, 0) is 50.1 Å². The first kappa shape index (κ1) is 20.3. The molecule has 0 aliphatic rings. The van der Waals surface area contributed by atoms with Crippen LogP contribution in [0.25, 0.3) is 22.8 Å². The van der Waals surface area contributed by atoms with Crippen molar-refractivity contribution < 1.29 is 9.32 Å². The topological polar surface area (TPSA) is 90.0 Å². The number of amides is 1. The normalized spacial score (nSPS) is 10.8. The molecule has 0 saturated heterocycles. The van der Waals surface area contributed by atoms with Crippen molar-refractivity contribution in [3.63, 3.8) is 0 Å². The number of aromatic nitrogens is 3. The van der Waals surface area contributed by atoms with Crippen molar-refractivity contribution in [2.75, 3.05) is 5.32 Å². The van der Waals surface area contributed by atoms with Crippen LogP contribution in [-0.4, -0.2) is 20.6 Å². The molecule has 1 amide bonds. The minimum Gasteiger partial charge on any atom is -0.333 e. The third-order valence-electron chi connectivity index (χ3n) is 4.97. The first-order chi connectivity index (χ1) is 14.9. The lowest BCUT2D eigenvalue weighted by atomic mass is 10.1. The summed E-state index contributed by atoms with van der Waals surface area (Å²) >= 11 is 0. The second-order valence-electron chi connectivity index (χ2n) is 7.51. The number of benzene rings is 2. The van der Waals surface area contributed by atoms with E-state index < -0.39 is 0 Å². The Kier molecular flexibility index (Phi) is 5.49. The molecule has 31 heavy (non-hydrogen) atoms. The van der Waals surface area contributed by atoms with Gasteiger partial charge < -0.3 is 14.4 Å². The van der Waals surface area contributed by atoms with Gasteiger partial charge in [-0.3, -0.25) is 9.59 Å². The predicted octanol–water partition coefficient (Wildman–Crippen LogP) is 4.13. The van der Waals surface area contributed by atoms with Crippen LogP contribution < -0.4 is 10.9 Å². The van der Waals surface area contributed by atoms with Crippen molar-refractivity contribution in [2.45, 2.75) is 27.3 Å². The number of nitrogens with zero attached hydrogens (tertiary/aromatic N) is 3. The molecular formula is C24H22N4O3. The standard InChI is InChI=1S/C24H22N4O3/c1-15-7-10-18(11-8-15)22-26-23(31-27-22)19-5-4-12-28(24(19)30)14-21(29)25-20-13-16(2)6-9-17(20)3/h4-13H,14H2,1-3H3,(H,25,29). The van der Waals surface area contributed by atoms with E-state index in [0.29, 0.717) is 5.82 Å². The molecule has 0 bridgehead atoms. The van der Waals surface area contributed by atoms with E-state index in [1.807, 2.05) is 63.2 Å². The molecule has 0 radical (unpaired) electrons. The summed E-state index contributed by atoms with van der Waals surface area (Å²) in [7, 11) is 0. The van der Waals surface area contributed by atoms with Crippen LogP contribution in [0.1, 0.15) is 16.7 Å². The van der Waals surface area contributed by atoms with E-state index in [1.54, 1.807) is 18.3 Å². The quantitative estimate of drug-likeness (QED) is 0.530. The Morgan fingerprint density at radius 2 is 1.77 bits per heavy atom. The minimum absolute atomic E-state index is 0.116. The maximum absolute atomic E-state index is 12.9. The molecule has 2 heterocycles. The van der Waals surface area contributed by atoms with Gasteiger partial charge in [-0.1, -0.05) is 47.1 Å². The lowest BCUT2D eigenvalue weighted by Crippen LogP contribution is -2.28. The zero-order valence-electron chi connectivity index (χ0n) is 17.5. The number of pyridine rings is 1. The van der Waals surface area contributed by atoms with E-state index >= 15 is 0 Å². The van der Waals surface area contributed by atoms with Crippen molar-refractivity contribution in [3.8, 4) is 22.8 Å². The maximum atomic E-state index is 12.9. The molecule has 7 nitrogen and oxygen atoms in total. The summed E-state index contributed by atoms with van der Waals surface area (Å²) in [6.45, 7) is 5.74. The van der Waals surface area contributed by atoms with E-state index in [4.69, 9.17) is 4.52 Å². The molecule has 2 aromatic heterocycles. The van der Waals surface area contributed by atoms with Crippen molar-refractivity contribution in [3.05, 3.63) is 87.8 Å². The second-order valence-corrected chi connectivity index (χ2v) is 7.51. The van der Waals surface area contributed by atoms with Crippen LogP contribution in [0.5, 0.6) is 0 Å². The van der Waals surface area contributed by atoms with E-state index in [-0.39, 0.29) is 29.5 Å². The molecular weight excluding hydrogens is 392 g/mol. The number of carbonyl (C=O) groups excluding carboxylic acids is 1. The zero-order chi connectivity index (χ0) is 22.0. The zero-order valence-corrected chi connectivity index (χ0v) is 17.5. The second kappa shape index (κ2) is 8.39. The molecule has 0 fully saturated rings. The molecule has 0 atom stereocenters. The highest BCUT2D eigenvalue weighted by molar-refractivity contribution is 5.91. The Hall–Kier alpha value is -4.00. The third kappa shape index (κ3) is 4.45. The Morgan fingerprint density at radius 3 is 2.55 bits per heavy atom. The predicted molar refractivity (Wildman–Crippen MR) is 119 cm³/mol. The average molecular weight is 414 g/mol. The summed E-state index contributed by atoms with van der Waals surface area (Å²) < 4.78 is 6.65. The number of carbonyl (C=O) groups is 1. The molecule has 2 aromatic carbocycles. The molecule has 0 saturated carbocycles. The SMILES string of the molecule is Cc1ccc(-c2noc(-c3cccn(CC(=O)Nc4cc(C)ccc4C)c3=O)n2)cc1. The molecule has 0 spiro atoms. The molecule has 1 N–H and O–H groups in total. The van der Waals surface area contributed by atoms with Gasteiger partial charge in [0.25, 0.3) is 11.4 Å². The first-order valence-electron chi connectivity index (χ1n) is 9.88. The fraction of sp³-hybridized carbons (Fsp3) is 0.167. The van der Waals surface area contributed by atoms with Crippen LogP contribution in [0.3, 0.4) is 0 Å². The highest BCUT2D eigenvalue weighted by Gasteiger charge is 2.16. The Balaban J connectivity index is 1.56. The molecule has 7 heteroatoms. The van der Waals surface area contributed by atoms with Crippen LogP contribution >= 0.6 is 0 Å². The van der Waals surface area contributed by atoms with Gasteiger partial charge in [0.1, 0.15) is 12.1 Å². The number of anilines is 1. The van der Waals surface area contributed by atoms with Crippen LogP contribution in [-0.2, 0) is 11.3 Å². The van der Waals surface area contributed by atoms with Gasteiger partial charge in [-0.2, -0.15) is 4.98 Å². The molecule has 4 rings (SSSR count). The number of hydrogen-bond acceptors (Lipinski definition) is 5. The Morgan fingerprint density at radius 1 is 1.03 bits per heavy atom. The van der Waals surface area contributed by atoms with Gasteiger partial charge in [0.2, 0.25) is 11.7 Å². The van der Waals surface area contributed by atoms with Crippen molar-refractivity contribution in [1.82, 2.24) is 14.7 Å². The summed E-state index contributed by atoms with van der Waals surface area (Å²) in [5, 5.41) is 6.85. The average Bonchev–Trinajstić information content (AvgIpc) is 3.23. The van der Waals surface area contributed by atoms with Gasteiger partial charge in [0, 0.05) is 17.4 Å². The van der Waals surface area contributed by atoms with E-state index in [9.17, 15) is 9.59 Å². The van der Waals surface area contributed by atoms with Crippen molar-refractivity contribution >= 4 is 11.6 Å². The number of aryl methyl sites for hydroxylation is 3. The highest BCUT2D eigenvalue weighted by Crippen LogP contribution is 2.20. The summed E-state index contributed by atoms with van der Waals surface area (Å²) in [4.78, 5) is 29.8. The number of hydrogen-bond donors (Lipinski definition) is 1. The molecule has 0 aliphatic heterocycles. The first-order valence-corrected chi connectivity index (χ1v) is 9.88. The summed E-state index contributed by atoms with van der Waals surface area (Å²) in [5.41, 5.74) is 4.51. The fourth-order valence-electron chi connectivity index (χ4n) is 3.19. The lowest BCUT2D eigenvalue weighted by Gasteiger charge is -2.11. The smallest absolute Gasteiger partial charge is 0.263 e. The van der Waals surface area contributed by atoms with Crippen LogP contribution in [0.4, 0.5) is 5.69 Å². The van der Waals surface area contributed by atoms with E-state index in [2.05, 4.69) is 15.5 Å². The van der Waals surface area contributed by atoms with Gasteiger partial charge >= 0.3 is 0 Å². The van der Waals surface area contributed by atoms with Crippen LogP contribution in [0, 0.1) is 20.8 Å². The van der Waals surface area contributed by atoms with Crippen LogP contribution in [0.2, 0.25) is 0 Å². The largest absolute Gasteiger partial charge is 0.333 e. The van der Waals surface area contributed by atoms with Gasteiger partial charge in [0.05, 0.1) is 0 Å². The monoisotopic (exact) mass is 414 g/mol. The third-order valence-corrected chi connectivity index (χ3v) is 4.97. The molecule has 156 valence electrons. The summed E-state index contributed by atoms with van der Waals surface area (Å²) in [5.74, 6) is 0.223. The Labute approximate surface area is 179 Å². The van der Waals surface area contributed by atoms with Gasteiger partial charge in [-0.25, -0.2) is 0 Å². The minimum atomic E-state index is -0.377. The summed E-state index contributed by atoms with van der Waals surface area (Å²) in [6.07, 6.45) is 1.56. The van der Waals surface area contributed by atoms with E-state index in [1.165, 1.54) is 4.57 Å². The van der Waals surface area contributed by atoms with Gasteiger partial charge in [0.15, 0.2) is 0 Å². The molecule has 0 aliphatic carbocycles. The Bertz CT molecular complexity index is 1300. The number of nitrogens with one attached hydrogen (secondary N) is 1. The van der Waals surface area contributed by atoms with E-state index in [0.717, 1.165) is 27.9 Å².